The zero-order chi connectivity index (χ0) is 20.4. The molecule has 3 aromatic heterocycles. The average molecular weight is 389 g/mol. The van der Waals surface area contributed by atoms with Crippen LogP contribution < -0.4 is 0 Å². The van der Waals surface area contributed by atoms with Crippen molar-refractivity contribution in [2.45, 2.75) is 26.9 Å². The maximum atomic E-state index is 12.8. The lowest BCUT2D eigenvalue weighted by Gasteiger charge is -2.09. The van der Waals surface area contributed by atoms with E-state index >= 15 is 0 Å². The van der Waals surface area contributed by atoms with Crippen molar-refractivity contribution in [1.82, 2.24) is 24.9 Å². The lowest BCUT2D eigenvalue weighted by atomic mass is 10.2. The van der Waals surface area contributed by atoms with Crippen LogP contribution in [0.4, 0.5) is 0 Å². The van der Waals surface area contributed by atoms with Gasteiger partial charge in [-0.25, -0.2) is 9.48 Å². The van der Waals surface area contributed by atoms with Gasteiger partial charge in [0.1, 0.15) is 5.56 Å². The summed E-state index contributed by atoms with van der Waals surface area (Å²) in [6.45, 7) is 5.30. The summed E-state index contributed by atoms with van der Waals surface area (Å²) >= 11 is 0. The molecule has 4 aromatic rings. The fraction of sp³-hybridized carbons (Fsp3) is 0.190. The Morgan fingerprint density at radius 2 is 1.93 bits per heavy atom. The summed E-state index contributed by atoms with van der Waals surface area (Å²) in [4.78, 5) is 21.2. The van der Waals surface area contributed by atoms with Crippen molar-refractivity contribution < 1.29 is 14.1 Å². The quantitative estimate of drug-likeness (QED) is 0.478. The van der Waals surface area contributed by atoms with Crippen molar-refractivity contribution >= 4 is 5.97 Å². The second-order valence-corrected chi connectivity index (χ2v) is 6.54. The first-order valence-corrected chi connectivity index (χ1v) is 9.11. The molecule has 1 aromatic carbocycles. The van der Waals surface area contributed by atoms with Gasteiger partial charge in [0.15, 0.2) is 6.10 Å². The zero-order valence-electron chi connectivity index (χ0n) is 16.2. The predicted molar refractivity (Wildman–Crippen MR) is 104 cm³/mol. The van der Waals surface area contributed by atoms with E-state index < -0.39 is 12.1 Å². The van der Waals surface area contributed by atoms with Crippen LogP contribution in [0.15, 0.2) is 59.4 Å². The lowest BCUT2D eigenvalue weighted by molar-refractivity contribution is 0.0263. The SMILES string of the molecule is Cc1nn(-c2ccccc2)c(C)c1C(=O)OC(C)c1nc(-c2cccnc2)no1. The van der Waals surface area contributed by atoms with E-state index in [4.69, 9.17) is 9.26 Å². The van der Waals surface area contributed by atoms with Crippen molar-refractivity contribution in [3.8, 4) is 17.1 Å². The molecule has 0 amide bonds. The van der Waals surface area contributed by atoms with Gasteiger partial charge in [0.25, 0.3) is 5.89 Å². The summed E-state index contributed by atoms with van der Waals surface area (Å²) < 4.78 is 12.6. The highest BCUT2D eigenvalue weighted by atomic mass is 16.6. The summed E-state index contributed by atoms with van der Waals surface area (Å²) in [5, 5.41) is 8.42. The highest BCUT2D eigenvalue weighted by Gasteiger charge is 2.25. The highest BCUT2D eigenvalue weighted by Crippen LogP contribution is 2.24. The molecule has 0 spiro atoms. The molecule has 0 N–H and O–H groups in total. The van der Waals surface area contributed by atoms with E-state index in [1.54, 1.807) is 37.0 Å². The fourth-order valence-corrected chi connectivity index (χ4v) is 3.04. The van der Waals surface area contributed by atoms with Crippen LogP contribution in [0.5, 0.6) is 0 Å². The second kappa shape index (κ2) is 7.67. The van der Waals surface area contributed by atoms with E-state index in [0.29, 0.717) is 22.8 Å². The Kier molecular flexibility index (Phi) is 4.90. The van der Waals surface area contributed by atoms with Crippen LogP contribution in [-0.4, -0.2) is 30.9 Å². The number of carbonyl (C=O) groups is 1. The maximum Gasteiger partial charge on any atom is 0.342 e. The number of hydrogen-bond acceptors (Lipinski definition) is 7. The lowest BCUT2D eigenvalue weighted by Crippen LogP contribution is -2.11. The minimum absolute atomic E-state index is 0.211. The summed E-state index contributed by atoms with van der Waals surface area (Å²) in [5.74, 6) is 0.110. The Balaban J connectivity index is 1.54. The van der Waals surface area contributed by atoms with Crippen LogP contribution in [0.1, 0.15) is 40.7 Å². The predicted octanol–water partition coefficient (Wildman–Crippen LogP) is 3.85. The monoisotopic (exact) mass is 389 g/mol. The number of carbonyl (C=O) groups excluding carboxylic acids is 1. The van der Waals surface area contributed by atoms with Crippen molar-refractivity contribution in [2.75, 3.05) is 0 Å². The molecule has 8 nitrogen and oxygen atoms in total. The smallest absolute Gasteiger partial charge is 0.342 e. The number of nitrogens with zero attached hydrogens (tertiary/aromatic N) is 5. The number of benzene rings is 1. The molecule has 3 heterocycles. The number of aryl methyl sites for hydroxylation is 1. The highest BCUT2D eigenvalue weighted by molar-refractivity contribution is 5.92. The fourth-order valence-electron chi connectivity index (χ4n) is 3.04. The molecule has 1 unspecified atom stereocenters. The van der Waals surface area contributed by atoms with Crippen molar-refractivity contribution in [3.63, 3.8) is 0 Å². The van der Waals surface area contributed by atoms with Crippen molar-refractivity contribution in [2.24, 2.45) is 0 Å². The normalized spacial score (nSPS) is 12.0. The van der Waals surface area contributed by atoms with Crippen LogP contribution in [0.25, 0.3) is 17.1 Å². The Bertz CT molecular complexity index is 1140. The Labute approximate surface area is 167 Å². The number of pyridine rings is 1. The summed E-state index contributed by atoms with van der Waals surface area (Å²) in [6.07, 6.45) is 2.59. The molecule has 4 rings (SSSR count). The maximum absolute atomic E-state index is 12.8. The van der Waals surface area contributed by atoms with Gasteiger partial charge < -0.3 is 9.26 Å². The molecule has 0 saturated heterocycles. The van der Waals surface area contributed by atoms with Gasteiger partial charge in [0.2, 0.25) is 5.82 Å². The van der Waals surface area contributed by atoms with E-state index in [-0.39, 0.29) is 5.89 Å². The molecule has 146 valence electrons. The molecule has 8 heteroatoms. The van der Waals surface area contributed by atoms with Gasteiger partial charge in [0, 0.05) is 18.0 Å². The Hall–Kier alpha value is -3.81. The van der Waals surface area contributed by atoms with Crippen molar-refractivity contribution in [3.05, 3.63) is 77.7 Å². The molecule has 1 atom stereocenters. The van der Waals surface area contributed by atoms with Gasteiger partial charge in [-0.15, -0.1) is 0 Å². The molecule has 0 aliphatic heterocycles. The second-order valence-electron chi connectivity index (χ2n) is 6.54. The third-order valence-electron chi connectivity index (χ3n) is 4.49. The Morgan fingerprint density at radius 3 is 2.66 bits per heavy atom. The first-order valence-electron chi connectivity index (χ1n) is 9.11. The molecule has 0 saturated carbocycles. The van der Waals surface area contributed by atoms with E-state index in [1.165, 1.54) is 0 Å². The summed E-state index contributed by atoms with van der Waals surface area (Å²) in [5.41, 5.74) is 3.31. The number of aromatic nitrogens is 5. The molecule has 0 aliphatic carbocycles. The van der Waals surface area contributed by atoms with E-state index in [2.05, 4.69) is 20.2 Å². The van der Waals surface area contributed by atoms with Crippen LogP contribution in [0.2, 0.25) is 0 Å². The van der Waals surface area contributed by atoms with Crippen LogP contribution in [0.3, 0.4) is 0 Å². The van der Waals surface area contributed by atoms with Gasteiger partial charge >= 0.3 is 5.97 Å². The topological polar surface area (TPSA) is 95.9 Å². The first-order chi connectivity index (χ1) is 14.0. The number of para-hydroxylation sites is 1. The van der Waals surface area contributed by atoms with Gasteiger partial charge in [-0.1, -0.05) is 23.4 Å². The average Bonchev–Trinajstić information content (AvgIpc) is 3.34. The standard InChI is InChI=1S/C21H19N5O3/c1-13-18(14(2)26(24-13)17-9-5-4-6-10-17)21(27)28-15(3)20-23-19(25-29-20)16-8-7-11-22-12-16/h4-12,15H,1-3H3. The third-order valence-corrected chi connectivity index (χ3v) is 4.49. The largest absolute Gasteiger partial charge is 0.449 e. The first kappa shape index (κ1) is 18.5. The van der Waals surface area contributed by atoms with E-state index in [0.717, 1.165) is 11.3 Å². The summed E-state index contributed by atoms with van der Waals surface area (Å²) in [6, 6.07) is 13.2. The zero-order valence-corrected chi connectivity index (χ0v) is 16.2. The molecule has 0 radical (unpaired) electrons. The molecule has 0 bridgehead atoms. The number of hydrogen-bond donors (Lipinski definition) is 0. The number of rotatable bonds is 5. The summed E-state index contributed by atoms with van der Waals surface area (Å²) in [7, 11) is 0. The minimum Gasteiger partial charge on any atom is -0.449 e. The van der Waals surface area contributed by atoms with Crippen LogP contribution in [-0.2, 0) is 4.74 Å². The van der Waals surface area contributed by atoms with Crippen LogP contribution >= 0.6 is 0 Å². The van der Waals surface area contributed by atoms with Gasteiger partial charge in [-0.05, 0) is 45.0 Å². The molecule has 0 aliphatic rings. The third kappa shape index (κ3) is 3.64. The van der Waals surface area contributed by atoms with Gasteiger partial charge in [-0.2, -0.15) is 10.1 Å². The number of ether oxygens (including phenoxy) is 1. The van der Waals surface area contributed by atoms with Crippen molar-refractivity contribution in [1.29, 1.82) is 0 Å². The van der Waals surface area contributed by atoms with Gasteiger partial charge in [-0.3, -0.25) is 4.98 Å². The van der Waals surface area contributed by atoms with E-state index in [1.807, 2.05) is 43.3 Å². The Morgan fingerprint density at radius 1 is 1.14 bits per heavy atom. The molecule has 29 heavy (non-hydrogen) atoms. The molecular weight excluding hydrogens is 370 g/mol. The van der Waals surface area contributed by atoms with E-state index in [9.17, 15) is 4.79 Å². The number of esters is 1. The molecular formula is C21H19N5O3. The molecule has 0 fully saturated rings. The minimum atomic E-state index is -0.709. The van der Waals surface area contributed by atoms with Gasteiger partial charge in [0.05, 0.1) is 17.1 Å². The van der Waals surface area contributed by atoms with Crippen LogP contribution in [0, 0.1) is 13.8 Å².